The topological polar surface area (TPSA) is 62.5 Å². The fraction of sp³-hybridized carbons (Fsp3) is 0.600. The van der Waals surface area contributed by atoms with Crippen molar-refractivity contribution >= 4 is 11.6 Å². The summed E-state index contributed by atoms with van der Waals surface area (Å²) in [6.07, 6.45) is 1.59. The molecule has 0 spiro atoms. The van der Waals surface area contributed by atoms with E-state index < -0.39 is 0 Å². The second-order valence-electron chi connectivity index (χ2n) is 5.90. The van der Waals surface area contributed by atoms with Crippen LogP contribution >= 0.6 is 0 Å². The summed E-state index contributed by atoms with van der Waals surface area (Å²) in [5, 5.41) is 0. The molecule has 5 heteroatoms. The molecule has 0 saturated carbocycles. The molecule has 0 radical (unpaired) electrons. The molecule has 0 unspecified atom stereocenters. The smallest absolute Gasteiger partial charge is 0.257 e. The molecule has 1 saturated heterocycles. The molecule has 1 aromatic heterocycles. The molecule has 2 heterocycles. The van der Waals surface area contributed by atoms with Gasteiger partial charge >= 0.3 is 0 Å². The second-order valence-corrected chi connectivity index (χ2v) is 5.90. The van der Waals surface area contributed by atoms with Crippen molar-refractivity contribution in [2.45, 2.75) is 20.8 Å². The Balaban J connectivity index is 1.98. The van der Waals surface area contributed by atoms with Crippen molar-refractivity contribution in [3.8, 4) is 0 Å². The van der Waals surface area contributed by atoms with Crippen molar-refractivity contribution in [2.24, 2.45) is 5.92 Å². The number of hydrogen-bond donors (Lipinski definition) is 1. The summed E-state index contributed by atoms with van der Waals surface area (Å²) in [7, 11) is 0. The number of carbonyl (C=O) groups is 1. The first-order valence-corrected chi connectivity index (χ1v) is 7.21. The van der Waals surface area contributed by atoms with Crippen LogP contribution in [0.15, 0.2) is 12.3 Å². The summed E-state index contributed by atoms with van der Waals surface area (Å²) in [6, 6.07) is 1.75. The highest BCUT2D eigenvalue weighted by molar-refractivity contribution is 5.98. The van der Waals surface area contributed by atoms with Gasteiger partial charge in [0.15, 0.2) is 0 Å². The number of nitrogen functional groups attached to an aromatic ring is 1. The minimum absolute atomic E-state index is 0.000744. The van der Waals surface area contributed by atoms with E-state index in [1.807, 2.05) is 11.8 Å². The lowest BCUT2D eigenvalue weighted by atomic mass is 10.1. The van der Waals surface area contributed by atoms with Crippen LogP contribution in [0.2, 0.25) is 0 Å². The molecular weight excluding hydrogens is 252 g/mol. The third-order valence-electron chi connectivity index (χ3n) is 3.59. The zero-order chi connectivity index (χ0) is 14.7. The van der Waals surface area contributed by atoms with Gasteiger partial charge in [0, 0.05) is 50.3 Å². The number of hydrogen-bond acceptors (Lipinski definition) is 4. The van der Waals surface area contributed by atoms with Crippen LogP contribution in [0.1, 0.15) is 29.9 Å². The van der Waals surface area contributed by atoms with Gasteiger partial charge in [-0.25, -0.2) is 0 Å². The summed E-state index contributed by atoms with van der Waals surface area (Å²) in [5.41, 5.74) is 7.80. The molecule has 1 fully saturated rings. The molecule has 2 N–H and O–H groups in total. The number of nitrogens with zero attached hydrogens (tertiary/aromatic N) is 3. The van der Waals surface area contributed by atoms with Crippen LogP contribution in [0.3, 0.4) is 0 Å². The zero-order valence-electron chi connectivity index (χ0n) is 12.6. The third-order valence-corrected chi connectivity index (χ3v) is 3.59. The average Bonchev–Trinajstić information content (AvgIpc) is 2.38. The Labute approximate surface area is 120 Å². The van der Waals surface area contributed by atoms with Crippen molar-refractivity contribution in [1.82, 2.24) is 14.8 Å². The first-order valence-electron chi connectivity index (χ1n) is 7.21. The van der Waals surface area contributed by atoms with Crippen molar-refractivity contribution < 1.29 is 4.79 Å². The molecule has 2 rings (SSSR count). The van der Waals surface area contributed by atoms with E-state index in [-0.39, 0.29) is 5.91 Å². The second kappa shape index (κ2) is 6.22. The Bertz CT molecular complexity index is 479. The van der Waals surface area contributed by atoms with Crippen LogP contribution in [0.5, 0.6) is 0 Å². The van der Waals surface area contributed by atoms with E-state index >= 15 is 0 Å². The Morgan fingerprint density at radius 3 is 2.55 bits per heavy atom. The molecule has 110 valence electrons. The Kier molecular flexibility index (Phi) is 4.60. The molecule has 0 aromatic carbocycles. The molecule has 1 aliphatic rings. The fourth-order valence-electron chi connectivity index (χ4n) is 2.58. The van der Waals surface area contributed by atoms with Crippen LogP contribution in [0.4, 0.5) is 5.69 Å². The lowest BCUT2D eigenvalue weighted by Crippen LogP contribution is -2.49. The maximum absolute atomic E-state index is 12.4. The summed E-state index contributed by atoms with van der Waals surface area (Å²) >= 11 is 0. The number of aromatic nitrogens is 1. The minimum Gasteiger partial charge on any atom is -0.398 e. The fourth-order valence-corrected chi connectivity index (χ4v) is 2.58. The summed E-state index contributed by atoms with van der Waals surface area (Å²) in [5.74, 6) is 0.661. The first kappa shape index (κ1) is 14.8. The monoisotopic (exact) mass is 276 g/mol. The highest BCUT2D eigenvalue weighted by atomic mass is 16.2. The minimum atomic E-state index is -0.000744. The van der Waals surface area contributed by atoms with Crippen LogP contribution in [0, 0.1) is 12.8 Å². The van der Waals surface area contributed by atoms with E-state index in [2.05, 4.69) is 23.7 Å². The lowest BCUT2D eigenvalue weighted by Gasteiger charge is -2.35. The van der Waals surface area contributed by atoms with E-state index in [0.29, 0.717) is 17.2 Å². The number of aryl methyl sites for hydroxylation is 1. The van der Waals surface area contributed by atoms with Gasteiger partial charge in [0.25, 0.3) is 5.91 Å². The van der Waals surface area contributed by atoms with Gasteiger partial charge in [-0.3, -0.25) is 14.7 Å². The molecule has 0 bridgehead atoms. The standard InChI is InChI=1S/C15H24N4O/c1-11(2)10-18-4-6-19(7-5-18)15(20)13-9-17-12(3)8-14(13)16/h8-9,11H,4-7,10H2,1-3H3,(H2,16,17). The van der Waals surface area contributed by atoms with E-state index in [1.54, 1.807) is 12.3 Å². The van der Waals surface area contributed by atoms with Crippen molar-refractivity contribution in [3.63, 3.8) is 0 Å². The van der Waals surface area contributed by atoms with Crippen LogP contribution in [-0.2, 0) is 0 Å². The number of anilines is 1. The molecule has 1 aromatic rings. The van der Waals surface area contributed by atoms with Gasteiger partial charge in [-0.1, -0.05) is 13.8 Å². The van der Waals surface area contributed by atoms with Gasteiger partial charge in [0.1, 0.15) is 0 Å². The lowest BCUT2D eigenvalue weighted by molar-refractivity contribution is 0.0624. The van der Waals surface area contributed by atoms with Crippen LogP contribution in [0.25, 0.3) is 0 Å². The van der Waals surface area contributed by atoms with Crippen LogP contribution in [-0.4, -0.2) is 53.4 Å². The van der Waals surface area contributed by atoms with Gasteiger partial charge in [0.05, 0.1) is 5.56 Å². The maximum Gasteiger partial charge on any atom is 0.257 e. The average molecular weight is 276 g/mol. The van der Waals surface area contributed by atoms with Gasteiger partial charge in [0.2, 0.25) is 0 Å². The summed E-state index contributed by atoms with van der Waals surface area (Å²) in [4.78, 5) is 20.9. The Hall–Kier alpha value is -1.62. The quantitative estimate of drug-likeness (QED) is 0.906. The van der Waals surface area contributed by atoms with Gasteiger partial charge < -0.3 is 10.6 Å². The number of carbonyl (C=O) groups excluding carboxylic acids is 1. The molecule has 0 aliphatic carbocycles. The molecule has 5 nitrogen and oxygen atoms in total. The maximum atomic E-state index is 12.4. The van der Waals surface area contributed by atoms with Crippen LogP contribution < -0.4 is 5.73 Å². The van der Waals surface area contributed by atoms with Gasteiger partial charge in [-0.2, -0.15) is 0 Å². The largest absolute Gasteiger partial charge is 0.398 e. The number of rotatable bonds is 3. The number of amides is 1. The van der Waals surface area contributed by atoms with Crippen molar-refractivity contribution in [1.29, 1.82) is 0 Å². The zero-order valence-corrected chi connectivity index (χ0v) is 12.6. The molecule has 1 aliphatic heterocycles. The van der Waals surface area contributed by atoms with Gasteiger partial charge in [-0.05, 0) is 18.9 Å². The van der Waals surface area contributed by atoms with E-state index in [4.69, 9.17) is 5.73 Å². The Morgan fingerprint density at radius 1 is 1.35 bits per heavy atom. The Morgan fingerprint density at radius 2 is 2.00 bits per heavy atom. The third kappa shape index (κ3) is 3.48. The number of piperazine rings is 1. The van der Waals surface area contributed by atoms with Gasteiger partial charge in [-0.15, -0.1) is 0 Å². The summed E-state index contributed by atoms with van der Waals surface area (Å²) in [6.45, 7) is 10.8. The van der Waals surface area contributed by atoms with E-state index in [1.165, 1.54) is 0 Å². The number of pyridine rings is 1. The van der Waals surface area contributed by atoms with E-state index in [9.17, 15) is 4.79 Å². The predicted octanol–water partition coefficient (Wildman–Crippen LogP) is 1.39. The first-order chi connectivity index (χ1) is 9.47. The molecule has 20 heavy (non-hydrogen) atoms. The number of nitrogens with two attached hydrogens (primary N) is 1. The summed E-state index contributed by atoms with van der Waals surface area (Å²) < 4.78 is 0. The SMILES string of the molecule is Cc1cc(N)c(C(=O)N2CCN(CC(C)C)CC2)cn1. The molecular formula is C15H24N4O. The van der Waals surface area contributed by atoms with E-state index in [0.717, 1.165) is 38.4 Å². The highest BCUT2D eigenvalue weighted by Crippen LogP contribution is 2.15. The van der Waals surface area contributed by atoms with Crippen molar-refractivity contribution in [3.05, 3.63) is 23.5 Å². The van der Waals surface area contributed by atoms with Crippen molar-refractivity contribution in [2.75, 3.05) is 38.5 Å². The molecule has 1 amide bonds. The molecule has 0 atom stereocenters. The predicted molar refractivity (Wildman–Crippen MR) is 80.6 cm³/mol. The highest BCUT2D eigenvalue weighted by Gasteiger charge is 2.23. The normalized spacial score (nSPS) is 16.7.